The third kappa shape index (κ3) is 4.34. The van der Waals surface area contributed by atoms with Gasteiger partial charge in [0, 0.05) is 18.3 Å². The summed E-state index contributed by atoms with van der Waals surface area (Å²) in [5, 5.41) is 5.56. The number of ether oxygens (including phenoxy) is 1. The summed E-state index contributed by atoms with van der Waals surface area (Å²) in [5.74, 6) is -4.13. The molecule has 1 aliphatic heterocycles. The van der Waals surface area contributed by atoms with Crippen LogP contribution < -0.4 is 20.3 Å². The average Bonchev–Trinajstić information content (AvgIpc) is 2.75. The van der Waals surface area contributed by atoms with Crippen molar-refractivity contribution in [3.63, 3.8) is 0 Å². The van der Waals surface area contributed by atoms with E-state index in [1.807, 2.05) is 0 Å². The van der Waals surface area contributed by atoms with Gasteiger partial charge in [0.1, 0.15) is 12.4 Å². The molecule has 4 rings (SSSR count). The molecule has 1 fully saturated rings. The predicted octanol–water partition coefficient (Wildman–Crippen LogP) is 2.66. The van der Waals surface area contributed by atoms with E-state index < -0.39 is 23.6 Å². The molecule has 2 heterocycles. The van der Waals surface area contributed by atoms with Gasteiger partial charge in [0.25, 0.3) is 5.91 Å². The van der Waals surface area contributed by atoms with Crippen molar-refractivity contribution >= 4 is 23.5 Å². The fourth-order valence-corrected chi connectivity index (χ4v) is 2.97. The van der Waals surface area contributed by atoms with Crippen LogP contribution in [0, 0.1) is 17.5 Å². The van der Waals surface area contributed by atoms with Crippen LogP contribution in [0.1, 0.15) is 10.4 Å². The molecule has 2 N–H and O–H groups in total. The molecule has 0 unspecified atom stereocenters. The zero-order valence-corrected chi connectivity index (χ0v) is 16.3. The van der Waals surface area contributed by atoms with E-state index in [0.717, 1.165) is 12.1 Å². The van der Waals surface area contributed by atoms with Crippen molar-refractivity contribution in [1.29, 1.82) is 0 Å². The zero-order valence-electron chi connectivity index (χ0n) is 16.3. The molecular weight excluding hydrogens is 413 g/mol. The van der Waals surface area contributed by atoms with E-state index in [1.54, 1.807) is 36.2 Å². The Bertz CT molecular complexity index is 1120. The second kappa shape index (κ2) is 8.46. The Hall–Kier alpha value is -3.89. The molecule has 160 valence electrons. The minimum atomic E-state index is -1.57. The highest BCUT2D eigenvalue weighted by Gasteiger charge is 2.32. The Balaban J connectivity index is 1.39. The van der Waals surface area contributed by atoms with Crippen LogP contribution in [0.4, 0.5) is 30.8 Å². The van der Waals surface area contributed by atoms with Crippen molar-refractivity contribution in [2.24, 2.45) is 0 Å². The first-order valence-corrected chi connectivity index (χ1v) is 9.28. The molecule has 8 nitrogen and oxygen atoms in total. The van der Waals surface area contributed by atoms with Gasteiger partial charge < -0.3 is 20.3 Å². The summed E-state index contributed by atoms with van der Waals surface area (Å²) < 4.78 is 45.5. The Morgan fingerprint density at radius 3 is 2.71 bits per heavy atom. The lowest BCUT2D eigenvalue weighted by Gasteiger charge is -2.38. The molecule has 1 aromatic heterocycles. The molecule has 1 aliphatic rings. The molecule has 0 aliphatic carbocycles. The molecule has 2 aromatic carbocycles. The number of carbonyl (C=O) groups excluding carboxylic acids is 1. The number of nitrogens with one attached hydrogen (secondary N) is 2. The number of aromatic nitrogens is 3. The number of hydrogen-bond acceptors (Lipinski definition) is 7. The van der Waals surface area contributed by atoms with Crippen LogP contribution in [0.5, 0.6) is 5.75 Å². The van der Waals surface area contributed by atoms with Crippen molar-refractivity contribution in [2.45, 2.75) is 6.10 Å². The van der Waals surface area contributed by atoms with Gasteiger partial charge in [-0.1, -0.05) is 6.07 Å². The second-order valence-electron chi connectivity index (χ2n) is 6.71. The van der Waals surface area contributed by atoms with Crippen LogP contribution in [0.25, 0.3) is 0 Å². The highest BCUT2D eigenvalue weighted by atomic mass is 19.2. The summed E-state index contributed by atoms with van der Waals surface area (Å²) in [6.07, 6.45) is 0.896. The van der Waals surface area contributed by atoms with Crippen LogP contribution >= 0.6 is 0 Å². The lowest BCUT2D eigenvalue weighted by molar-refractivity contribution is 0.0963. The second-order valence-corrected chi connectivity index (χ2v) is 6.71. The van der Waals surface area contributed by atoms with E-state index >= 15 is 0 Å². The number of hydrogen-bond donors (Lipinski definition) is 2. The van der Waals surface area contributed by atoms with Crippen LogP contribution in [-0.2, 0) is 0 Å². The van der Waals surface area contributed by atoms with Gasteiger partial charge in [0.15, 0.2) is 17.4 Å². The molecule has 31 heavy (non-hydrogen) atoms. The molecule has 1 saturated heterocycles. The molecule has 0 spiro atoms. The van der Waals surface area contributed by atoms with Gasteiger partial charge in [0.05, 0.1) is 13.1 Å². The minimum absolute atomic E-state index is 0.218. The maximum absolute atomic E-state index is 13.7. The van der Waals surface area contributed by atoms with Gasteiger partial charge in [0.2, 0.25) is 17.7 Å². The van der Waals surface area contributed by atoms with Gasteiger partial charge in [-0.25, -0.2) is 18.7 Å². The molecule has 1 amide bonds. The van der Waals surface area contributed by atoms with Crippen molar-refractivity contribution in [3.8, 4) is 5.75 Å². The van der Waals surface area contributed by atoms with Crippen LogP contribution in [-0.4, -0.2) is 47.1 Å². The molecular formula is C20H17F3N6O2. The van der Waals surface area contributed by atoms with E-state index in [0.29, 0.717) is 30.3 Å². The summed E-state index contributed by atoms with van der Waals surface area (Å²) in [6, 6.07) is 8.69. The van der Waals surface area contributed by atoms with Gasteiger partial charge in [-0.15, -0.1) is 0 Å². The summed E-state index contributed by atoms with van der Waals surface area (Å²) in [5.41, 5.74) is 1.10. The Labute approximate surface area is 175 Å². The van der Waals surface area contributed by atoms with E-state index in [-0.39, 0.29) is 17.6 Å². The Morgan fingerprint density at radius 2 is 1.94 bits per heavy atom. The first-order valence-electron chi connectivity index (χ1n) is 9.28. The molecule has 3 aromatic rings. The van der Waals surface area contributed by atoms with Gasteiger partial charge >= 0.3 is 0 Å². The first-order chi connectivity index (χ1) is 14.9. The predicted molar refractivity (Wildman–Crippen MR) is 106 cm³/mol. The van der Waals surface area contributed by atoms with Crippen molar-refractivity contribution in [1.82, 2.24) is 20.3 Å². The third-order valence-corrected chi connectivity index (χ3v) is 4.59. The largest absolute Gasteiger partial charge is 0.484 e. The monoisotopic (exact) mass is 430 g/mol. The average molecular weight is 430 g/mol. The summed E-state index contributed by atoms with van der Waals surface area (Å²) in [4.78, 5) is 26.0. The highest BCUT2D eigenvalue weighted by molar-refractivity contribution is 5.95. The number of rotatable bonds is 6. The number of benzene rings is 2. The summed E-state index contributed by atoms with van der Waals surface area (Å²) in [7, 11) is 1.55. The molecule has 0 radical (unpaired) electrons. The quantitative estimate of drug-likeness (QED) is 0.581. The third-order valence-electron chi connectivity index (χ3n) is 4.59. The maximum atomic E-state index is 13.7. The van der Waals surface area contributed by atoms with Crippen molar-refractivity contribution in [3.05, 3.63) is 65.7 Å². The SMILES string of the molecule is CNC(=O)c1cccc(Nc2ncnc(N3CC(Oc4ccc(F)c(F)c4F)C3)n2)c1. The summed E-state index contributed by atoms with van der Waals surface area (Å²) >= 11 is 0. The van der Waals surface area contributed by atoms with Gasteiger partial charge in [-0.2, -0.15) is 9.37 Å². The number of nitrogens with zero attached hydrogens (tertiary/aromatic N) is 4. The molecule has 0 atom stereocenters. The smallest absolute Gasteiger partial charge is 0.251 e. The number of carbonyl (C=O) groups is 1. The van der Waals surface area contributed by atoms with E-state index in [4.69, 9.17) is 4.74 Å². The Morgan fingerprint density at radius 1 is 1.13 bits per heavy atom. The number of anilines is 3. The topological polar surface area (TPSA) is 92.3 Å². The fraction of sp³-hybridized carbons (Fsp3) is 0.200. The van der Waals surface area contributed by atoms with Crippen LogP contribution in [0.3, 0.4) is 0 Å². The van der Waals surface area contributed by atoms with E-state index in [9.17, 15) is 18.0 Å². The first kappa shape index (κ1) is 20.4. The van der Waals surface area contributed by atoms with Crippen LogP contribution in [0.2, 0.25) is 0 Å². The van der Waals surface area contributed by atoms with E-state index in [1.165, 1.54) is 6.33 Å². The highest BCUT2D eigenvalue weighted by Crippen LogP contribution is 2.26. The number of amides is 1. The fourth-order valence-electron chi connectivity index (χ4n) is 2.97. The Kier molecular flexibility index (Phi) is 5.56. The standard InChI is InChI=1S/C20H17F3N6O2/c1-24-18(30)11-3-2-4-12(7-11)27-19-25-10-26-20(28-19)29-8-13(9-29)31-15-6-5-14(21)16(22)17(15)23/h2-7,10,13H,8-9H2,1H3,(H,24,30)(H,25,26,27,28). The lowest BCUT2D eigenvalue weighted by atomic mass is 10.2. The molecule has 0 bridgehead atoms. The minimum Gasteiger partial charge on any atom is -0.484 e. The van der Waals surface area contributed by atoms with E-state index in [2.05, 4.69) is 25.6 Å². The van der Waals surface area contributed by atoms with Gasteiger partial charge in [-0.3, -0.25) is 4.79 Å². The maximum Gasteiger partial charge on any atom is 0.251 e. The molecule has 11 heteroatoms. The van der Waals surface area contributed by atoms with Gasteiger partial charge in [-0.05, 0) is 30.3 Å². The van der Waals surface area contributed by atoms with Crippen LogP contribution in [0.15, 0.2) is 42.7 Å². The lowest BCUT2D eigenvalue weighted by Crippen LogP contribution is -2.54. The summed E-state index contributed by atoms with van der Waals surface area (Å²) in [6.45, 7) is 0.655. The van der Waals surface area contributed by atoms with Crippen molar-refractivity contribution in [2.75, 3.05) is 30.4 Å². The normalized spacial score (nSPS) is 13.5. The zero-order chi connectivity index (χ0) is 22.0. The molecule has 0 saturated carbocycles. The number of halogens is 3. The van der Waals surface area contributed by atoms with Crippen molar-refractivity contribution < 1.29 is 22.7 Å².